The number of aliphatic carboxylic acids is 1. The van der Waals surface area contributed by atoms with Gasteiger partial charge in [0.15, 0.2) is 5.69 Å². The summed E-state index contributed by atoms with van der Waals surface area (Å²) in [5.41, 5.74) is -2.72. The van der Waals surface area contributed by atoms with Gasteiger partial charge in [-0.3, -0.25) is 4.79 Å². The number of hydrogen-bond donors (Lipinski definition) is 2. The Labute approximate surface area is 315 Å². The molecule has 0 spiro atoms. The van der Waals surface area contributed by atoms with E-state index < -0.39 is 46.7 Å². The van der Waals surface area contributed by atoms with Gasteiger partial charge in [-0.05, 0) is 92.0 Å². The highest BCUT2D eigenvalue weighted by atomic mass is 19.4. The van der Waals surface area contributed by atoms with E-state index in [9.17, 15) is 36.6 Å². The van der Waals surface area contributed by atoms with E-state index in [1.54, 1.807) is 35.5 Å². The van der Waals surface area contributed by atoms with Gasteiger partial charge < -0.3 is 25.0 Å². The van der Waals surface area contributed by atoms with Gasteiger partial charge in [-0.15, -0.1) is 0 Å². The summed E-state index contributed by atoms with van der Waals surface area (Å²) in [6.07, 6.45) is 2.47. The molecule has 0 radical (unpaired) electrons. The average Bonchev–Trinajstić information content (AvgIpc) is 3.65. The van der Waals surface area contributed by atoms with E-state index in [-0.39, 0.29) is 74.4 Å². The number of halogens is 5. The van der Waals surface area contributed by atoms with Crippen LogP contribution in [0.1, 0.15) is 98.7 Å². The number of nitrogens with one attached hydrogen (secondary N) is 1. The highest BCUT2D eigenvalue weighted by Gasteiger charge is 2.57. The van der Waals surface area contributed by atoms with Gasteiger partial charge in [0.05, 0.1) is 5.56 Å². The minimum Gasteiger partial charge on any atom is -0.490 e. The van der Waals surface area contributed by atoms with Crippen LogP contribution in [0.15, 0.2) is 42.9 Å². The maximum Gasteiger partial charge on any atom is 0.434 e. The predicted molar refractivity (Wildman–Crippen MR) is 190 cm³/mol. The average molecular weight is 770 g/mol. The van der Waals surface area contributed by atoms with Crippen molar-refractivity contribution in [2.45, 2.75) is 101 Å². The topological polar surface area (TPSA) is 134 Å². The van der Waals surface area contributed by atoms with Crippen LogP contribution in [0, 0.1) is 23.7 Å². The summed E-state index contributed by atoms with van der Waals surface area (Å²) >= 11 is 0. The Morgan fingerprint density at radius 1 is 0.982 bits per heavy atom. The Kier molecular flexibility index (Phi) is 9.59. The first-order chi connectivity index (χ1) is 26.2. The van der Waals surface area contributed by atoms with E-state index in [1.165, 1.54) is 0 Å². The normalized spacial score (nSPS) is 28.2. The van der Waals surface area contributed by atoms with Crippen LogP contribution >= 0.6 is 0 Å². The number of carboxylic acids is 1. The molecule has 294 valence electrons. The lowest BCUT2D eigenvalue weighted by Gasteiger charge is -2.33. The first-order valence-electron chi connectivity index (χ1n) is 19.2. The molecule has 11 nitrogen and oxygen atoms in total. The quantitative estimate of drug-likeness (QED) is 0.223. The van der Waals surface area contributed by atoms with Crippen molar-refractivity contribution in [1.29, 1.82) is 0 Å². The molecule has 5 unspecified atom stereocenters. The third-order valence-electron chi connectivity index (χ3n) is 12.6. The van der Waals surface area contributed by atoms with Gasteiger partial charge in [0.2, 0.25) is 17.8 Å². The maximum atomic E-state index is 14.7. The van der Waals surface area contributed by atoms with Crippen LogP contribution in [0.25, 0.3) is 0 Å². The van der Waals surface area contributed by atoms with Crippen molar-refractivity contribution in [3.63, 3.8) is 0 Å². The molecule has 3 saturated carbocycles. The zero-order chi connectivity index (χ0) is 38.7. The van der Waals surface area contributed by atoms with Crippen LogP contribution in [0.5, 0.6) is 5.75 Å². The molecule has 1 amide bonds. The van der Waals surface area contributed by atoms with Gasteiger partial charge in [-0.25, -0.2) is 33.5 Å². The van der Waals surface area contributed by atoms with E-state index in [4.69, 9.17) is 4.74 Å². The first kappa shape index (κ1) is 37.3. The summed E-state index contributed by atoms with van der Waals surface area (Å²) in [5, 5.41) is 12.8. The molecule has 3 aromatic rings. The SMILES string of the molecule is CC1CC2CC(C1)C(NC(=O)c1cnc(N3CC(C4CCC(F)(F)CC4)c4cc(OC5CCN(c6ncccn6)CC5)ccc43)nc1C(F)(F)F)(C(=O)O)C2. The number of aromatic nitrogens is 4. The highest BCUT2D eigenvalue weighted by Crippen LogP contribution is 2.52. The second kappa shape index (κ2) is 14.1. The summed E-state index contributed by atoms with van der Waals surface area (Å²) < 4.78 is 79.2. The molecular weight excluding hydrogens is 725 g/mol. The van der Waals surface area contributed by atoms with Gasteiger partial charge in [-0.1, -0.05) is 6.92 Å². The number of fused-ring (bicyclic) bond motifs is 3. The van der Waals surface area contributed by atoms with Crippen LogP contribution in [0.2, 0.25) is 0 Å². The Morgan fingerprint density at radius 2 is 1.71 bits per heavy atom. The van der Waals surface area contributed by atoms with Crippen molar-refractivity contribution in [2.24, 2.45) is 23.7 Å². The number of benzene rings is 1. The van der Waals surface area contributed by atoms with Crippen molar-refractivity contribution in [1.82, 2.24) is 25.3 Å². The number of nitrogens with zero attached hydrogens (tertiary/aromatic N) is 6. The Hall–Kier alpha value is -4.63. The minimum absolute atomic E-state index is 0.0538. The molecule has 2 N–H and O–H groups in total. The molecule has 4 heterocycles. The van der Waals surface area contributed by atoms with E-state index >= 15 is 0 Å². The lowest BCUT2D eigenvalue weighted by Crippen LogP contribution is -2.57. The van der Waals surface area contributed by atoms with Gasteiger partial charge in [0, 0.05) is 75.5 Å². The standard InChI is InChI=1S/C39H44F5N7O4/c1-22-15-23-17-25(16-22)38(19-23,34(53)54)49-33(52)29-20-47-36(48-32(29)39(42,43)44)51-21-30(24-5-9-37(40,41)10-6-24)28-18-27(3-4-31(28)51)55-26-7-13-50(14-8-26)35-45-11-2-12-46-35/h2-4,11-12,18,20,22-26,30H,5-10,13-17,19,21H2,1H3,(H,49,52)(H,53,54). The first-order valence-corrected chi connectivity index (χ1v) is 19.2. The number of alkyl halides is 5. The van der Waals surface area contributed by atoms with E-state index in [1.807, 2.05) is 13.0 Å². The lowest BCUT2D eigenvalue weighted by atomic mass is 9.76. The summed E-state index contributed by atoms with van der Waals surface area (Å²) in [4.78, 5) is 46.8. The number of amides is 1. The third-order valence-corrected chi connectivity index (χ3v) is 12.6. The van der Waals surface area contributed by atoms with Gasteiger partial charge in [0.1, 0.15) is 17.4 Å². The van der Waals surface area contributed by atoms with Gasteiger partial charge >= 0.3 is 12.1 Å². The van der Waals surface area contributed by atoms with E-state index in [0.29, 0.717) is 56.2 Å². The number of hydrogen-bond acceptors (Lipinski definition) is 9. The zero-order valence-corrected chi connectivity index (χ0v) is 30.4. The van der Waals surface area contributed by atoms with Crippen molar-refractivity contribution in [2.75, 3.05) is 29.4 Å². The molecule has 2 aliphatic heterocycles. The van der Waals surface area contributed by atoms with Crippen LogP contribution in [-0.2, 0) is 11.0 Å². The summed E-state index contributed by atoms with van der Waals surface area (Å²) in [7, 11) is 0. The third kappa shape index (κ3) is 7.28. The van der Waals surface area contributed by atoms with Crippen molar-refractivity contribution >= 4 is 29.5 Å². The number of carboxylic acid groups (broad SMARTS) is 1. The number of carbonyl (C=O) groups is 2. The van der Waals surface area contributed by atoms with Crippen LogP contribution in [0.3, 0.4) is 0 Å². The van der Waals surface area contributed by atoms with Gasteiger partial charge in [0.25, 0.3) is 5.91 Å². The van der Waals surface area contributed by atoms with Crippen molar-refractivity contribution in [3.05, 3.63) is 59.7 Å². The fourth-order valence-electron chi connectivity index (χ4n) is 9.98. The summed E-state index contributed by atoms with van der Waals surface area (Å²) in [6, 6.07) is 7.10. The maximum absolute atomic E-state index is 14.7. The number of ether oxygens (including phenoxy) is 1. The summed E-state index contributed by atoms with van der Waals surface area (Å²) in [5.74, 6) is -4.87. The second-order valence-corrected chi connectivity index (χ2v) is 16.2. The number of anilines is 3. The molecule has 3 aliphatic carbocycles. The Bertz CT molecular complexity index is 1920. The van der Waals surface area contributed by atoms with Crippen LogP contribution in [0.4, 0.5) is 39.5 Å². The van der Waals surface area contributed by atoms with Gasteiger partial charge in [-0.2, -0.15) is 13.2 Å². The minimum atomic E-state index is -5.07. The van der Waals surface area contributed by atoms with Crippen LogP contribution < -0.4 is 19.9 Å². The van der Waals surface area contributed by atoms with Crippen LogP contribution in [-0.4, -0.2) is 74.1 Å². The molecule has 5 aliphatic rings. The summed E-state index contributed by atoms with van der Waals surface area (Å²) in [6.45, 7) is 3.54. The lowest BCUT2D eigenvalue weighted by molar-refractivity contribution is -0.146. The molecule has 8 rings (SSSR count). The molecule has 4 fully saturated rings. The fourth-order valence-corrected chi connectivity index (χ4v) is 9.98. The second-order valence-electron chi connectivity index (χ2n) is 16.2. The molecule has 2 aromatic heterocycles. The molecule has 5 atom stereocenters. The molecule has 16 heteroatoms. The largest absolute Gasteiger partial charge is 0.490 e. The highest BCUT2D eigenvalue weighted by molar-refractivity contribution is 5.99. The van der Waals surface area contributed by atoms with E-state index in [2.05, 4.69) is 30.2 Å². The molecule has 1 aromatic carbocycles. The number of rotatable bonds is 8. The molecule has 1 saturated heterocycles. The number of piperidine rings is 1. The molecule has 55 heavy (non-hydrogen) atoms. The zero-order valence-electron chi connectivity index (χ0n) is 30.4. The number of carbonyl (C=O) groups excluding carboxylic acids is 1. The predicted octanol–water partition coefficient (Wildman–Crippen LogP) is 7.40. The molecular formula is C39H44F5N7O4. The van der Waals surface area contributed by atoms with Crippen molar-refractivity contribution in [3.8, 4) is 5.75 Å². The van der Waals surface area contributed by atoms with Crippen molar-refractivity contribution < 1.29 is 41.4 Å². The smallest absolute Gasteiger partial charge is 0.434 e. The Morgan fingerprint density at radius 3 is 2.40 bits per heavy atom. The monoisotopic (exact) mass is 769 g/mol. The van der Waals surface area contributed by atoms with E-state index in [0.717, 1.165) is 18.2 Å². The fraction of sp³-hybridized carbons (Fsp3) is 0.590. The Balaban J connectivity index is 1.06. The molecule has 2 bridgehead atoms.